The van der Waals surface area contributed by atoms with Crippen LogP contribution in [0.3, 0.4) is 0 Å². The molecule has 2 atom stereocenters. The molecule has 1 aliphatic carbocycles. The van der Waals surface area contributed by atoms with Crippen molar-refractivity contribution < 1.29 is 9.53 Å². The monoisotopic (exact) mass is 184 g/mol. The SMILES string of the molecule is CN(C(=O)C1COCC1N)C1CC1. The van der Waals surface area contributed by atoms with Gasteiger partial charge in [0, 0.05) is 19.1 Å². The summed E-state index contributed by atoms with van der Waals surface area (Å²) in [6, 6.07) is 0.369. The molecule has 0 aromatic carbocycles. The van der Waals surface area contributed by atoms with Crippen LogP contribution in [0, 0.1) is 5.92 Å². The number of amides is 1. The number of carbonyl (C=O) groups is 1. The van der Waals surface area contributed by atoms with E-state index in [2.05, 4.69) is 0 Å². The van der Waals surface area contributed by atoms with E-state index in [4.69, 9.17) is 10.5 Å². The van der Waals surface area contributed by atoms with E-state index in [1.54, 1.807) is 0 Å². The quantitative estimate of drug-likeness (QED) is 0.634. The average molecular weight is 184 g/mol. The number of carbonyl (C=O) groups excluding carboxylic acids is 1. The Labute approximate surface area is 78.0 Å². The summed E-state index contributed by atoms with van der Waals surface area (Å²) < 4.78 is 5.17. The number of hydrogen-bond acceptors (Lipinski definition) is 3. The summed E-state index contributed by atoms with van der Waals surface area (Å²) in [5.74, 6) is 0.0538. The minimum atomic E-state index is -0.106. The Balaban J connectivity index is 1.94. The van der Waals surface area contributed by atoms with Gasteiger partial charge in [0.1, 0.15) is 0 Å². The van der Waals surface area contributed by atoms with Crippen LogP contribution < -0.4 is 5.73 Å². The zero-order chi connectivity index (χ0) is 9.42. The van der Waals surface area contributed by atoms with E-state index in [1.807, 2.05) is 11.9 Å². The maximum absolute atomic E-state index is 11.8. The van der Waals surface area contributed by atoms with Crippen LogP contribution in [-0.4, -0.2) is 43.2 Å². The van der Waals surface area contributed by atoms with Crippen LogP contribution in [0.2, 0.25) is 0 Å². The lowest BCUT2D eigenvalue weighted by molar-refractivity contribution is -0.134. The van der Waals surface area contributed by atoms with Crippen LogP contribution in [0.5, 0.6) is 0 Å². The fraction of sp³-hybridized carbons (Fsp3) is 0.889. The summed E-state index contributed by atoms with van der Waals surface area (Å²) in [4.78, 5) is 13.6. The molecule has 1 saturated heterocycles. The van der Waals surface area contributed by atoms with Crippen LogP contribution in [0.1, 0.15) is 12.8 Å². The first-order valence-electron chi connectivity index (χ1n) is 4.80. The summed E-state index contributed by atoms with van der Waals surface area (Å²) in [6.07, 6.45) is 2.29. The van der Waals surface area contributed by atoms with Crippen LogP contribution in [0.15, 0.2) is 0 Å². The lowest BCUT2D eigenvalue weighted by Gasteiger charge is -2.21. The summed E-state index contributed by atoms with van der Waals surface area (Å²) >= 11 is 0. The van der Waals surface area contributed by atoms with Gasteiger partial charge in [-0.05, 0) is 12.8 Å². The third-order valence-corrected chi connectivity index (χ3v) is 2.88. The number of nitrogens with zero attached hydrogens (tertiary/aromatic N) is 1. The van der Waals surface area contributed by atoms with Gasteiger partial charge in [0.15, 0.2) is 0 Å². The highest BCUT2D eigenvalue weighted by Crippen LogP contribution is 2.27. The van der Waals surface area contributed by atoms with Crippen molar-refractivity contribution in [2.75, 3.05) is 20.3 Å². The van der Waals surface area contributed by atoms with Crippen molar-refractivity contribution in [3.63, 3.8) is 0 Å². The summed E-state index contributed by atoms with van der Waals surface area (Å²) in [6.45, 7) is 1.02. The van der Waals surface area contributed by atoms with Gasteiger partial charge in [-0.15, -0.1) is 0 Å². The maximum atomic E-state index is 11.8. The Morgan fingerprint density at radius 3 is 2.62 bits per heavy atom. The predicted octanol–water partition coefficient (Wildman–Crippen LogP) is -0.419. The molecular weight excluding hydrogens is 168 g/mol. The molecule has 2 fully saturated rings. The fourth-order valence-corrected chi connectivity index (χ4v) is 1.73. The molecule has 2 unspecified atom stereocenters. The molecule has 1 aliphatic heterocycles. The molecule has 0 aromatic heterocycles. The van der Waals surface area contributed by atoms with Crippen molar-refractivity contribution in [1.29, 1.82) is 0 Å². The van der Waals surface area contributed by atoms with E-state index in [9.17, 15) is 4.79 Å². The molecule has 1 amide bonds. The van der Waals surface area contributed by atoms with Crippen LogP contribution in [0.25, 0.3) is 0 Å². The van der Waals surface area contributed by atoms with Gasteiger partial charge in [0.05, 0.1) is 19.1 Å². The Bertz CT molecular complexity index is 216. The second-order valence-electron chi connectivity index (χ2n) is 3.99. The topological polar surface area (TPSA) is 55.6 Å². The molecule has 1 heterocycles. The van der Waals surface area contributed by atoms with Gasteiger partial charge in [0.25, 0.3) is 0 Å². The molecule has 2 N–H and O–H groups in total. The van der Waals surface area contributed by atoms with Crippen molar-refractivity contribution in [3.8, 4) is 0 Å². The van der Waals surface area contributed by atoms with Gasteiger partial charge < -0.3 is 15.4 Å². The normalized spacial score (nSPS) is 33.4. The Hall–Kier alpha value is -0.610. The largest absolute Gasteiger partial charge is 0.379 e. The van der Waals surface area contributed by atoms with E-state index in [0.29, 0.717) is 19.3 Å². The highest BCUT2D eigenvalue weighted by molar-refractivity contribution is 5.80. The molecule has 1 saturated carbocycles. The maximum Gasteiger partial charge on any atom is 0.229 e. The van der Waals surface area contributed by atoms with Gasteiger partial charge in [-0.1, -0.05) is 0 Å². The highest BCUT2D eigenvalue weighted by atomic mass is 16.5. The first-order valence-corrected chi connectivity index (χ1v) is 4.80. The second kappa shape index (κ2) is 3.27. The smallest absolute Gasteiger partial charge is 0.229 e. The minimum absolute atomic E-state index is 0.103. The third-order valence-electron chi connectivity index (χ3n) is 2.88. The van der Waals surface area contributed by atoms with Crippen LogP contribution in [-0.2, 0) is 9.53 Å². The summed E-state index contributed by atoms with van der Waals surface area (Å²) in [5, 5.41) is 0. The molecular formula is C9H16N2O2. The van der Waals surface area contributed by atoms with E-state index < -0.39 is 0 Å². The average Bonchev–Trinajstić information content (AvgIpc) is 2.87. The van der Waals surface area contributed by atoms with Gasteiger partial charge >= 0.3 is 0 Å². The van der Waals surface area contributed by atoms with E-state index in [1.165, 1.54) is 0 Å². The number of ether oxygens (including phenoxy) is 1. The first kappa shape index (κ1) is 8.97. The lowest BCUT2D eigenvalue weighted by Crippen LogP contribution is -2.42. The van der Waals surface area contributed by atoms with Gasteiger partial charge in [0.2, 0.25) is 5.91 Å². The van der Waals surface area contributed by atoms with Crippen molar-refractivity contribution >= 4 is 5.91 Å². The molecule has 0 radical (unpaired) electrons. The fourth-order valence-electron chi connectivity index (χ4n) is 1.73. The standard InChI is InChI=1S/C9H16N2O2/c1-11(6-2-3-6)9(12)7-4-13-5-8(7)10/h6-8H,2-5,10H2,1H3. The summed E-state index contributed by atoms with van der Waals surface area (Å²) in [7, 11) is 1.87. The van der Waals surface area contributed by atoms with Crippen LogP contribution in [0.4, 0.5) is 0 Å². The molecule has 13 heavy (non-hydrogen) atoms. The highest BCUT2D eigenvalue weighted by Gasteiger charge is 2.38. The predicted molar refractivity (Wildman–Crippen MR) is 48.1 cm³/mol. The lowest BCUT2D eigenvalue weighted by atomic mass is 10.0. The van der Waals surface area contributed by atoms with Gasteiger partial charge in [-0.25, -0.2) is 0 Å². The van der Waals surface area contributed by atoms with E-state index >= 15 is 0 Å². The third kappa shape index (κ3) is 1.69. The minimum Gasteiger partial charge on any atom is -0.379 e. The van der Waals surface area contributed by atoms with E-state index in [0.717, 1.165) is 12.8 Å². The van der Waals surface area contributed by atoms with Gasteiger partial charge in [-0.2, -0.15) is 0 Å². The van der Waals surface area contributed by atoms with Crippen molar-refractivity contribution in [2.45, 2.75) is 24.9 Å². The van der Waals surface area contributed by atoms with Crippen molar-refractivity contribution in [2.24, 2.45) is 11.7 Å². The number of rotatable bonds is 2. The van der Waals surface area contributed by atoms with Crippen molar-refractivity contribution in [3.05, 3.63) is 0 Å². The first-order chi connectivity index (χ1) is 6.20. The van der Waals surface area contributed by atoms with E-state index in [-0.39, 0.29) is 17.9 Å². The molecule has 2 aliphatic rings. The molecule has 2 rings (SSSR count). The second-order valence-corrected chi connectivity index (χ2v) is 3.99. The molecule has 0 aromatic rings. The molecule has 0 bridgehead atoms. The van der Waals surface area contributed by atoms with Crippen molar-refractivity contribution in [1.82, 2.24) is 4.90 Å². The molecule has 4 nitrogen and oxygen atoms in total. The zero-order valence-electron chi connectivity index (χ0n) is 7.90. The Morgan fingerprint density at radius 2 is 2.15 bits per heavy atom. The Kier molecular flexibility index (Phi) is 2.26. The summed E-state index contributed by atoms with van der Waals surface area (Å²) in [5.41, 5.74) is 5.77. The zero-order valence-corrected chi connectivity index (χ0v) is 7.90. The number of nitrogens with two attached hydrogens (primary N) is 1. The molecule has 4 heteroatoms. The number of hydrogen-bond donors (Lipinski definition) is 1. The van der Waals surface area contributed by atoms with Crippen LogP contribution >= 0.6 is 0 Å². The molecule has 0 spiro atoms. The molecule has 74 valence electrons. The Morgan fingerprint density at radius 1 is 1.46 bits per heavy atom. The van der Waals surface area contributed by atoms with Gasteiger partial charge in [-0.3, -0.25) is 4.79 Å².